The number of nitrogens with zero attached hydrogens (tertiary/aromatic N) is 1. The Hall–Kier alpha value is -0.740. The van der Waals surface area contributed by atoms with E-state index in [9.17, 15) is 0 Å². The number of hydrogen-bond donors (Lipinski definition) is 2. The summed E-state index contributed by atoms with van der Waals surface area (Å²) >= 11 is 3.24. The highest BCUT2D eigenvalue weighted by Gasteiger charge is 1.99. The number of pyridine rings is 1. The molecule has 0 aliphatic rings. The van der Waals surface area contributed by atoms with Crippen molar-refractivity contribution in [1.29, 1.82) is 5.41 Å². The minimum Gasteiger partial charge on any atom is -0.314 e. The zero-order valence-corrected chi connectivity index (χ0v) is 8.35. The fourth-order valence-corrected chi connectivity index (χ4v) is 1.07. The summed E-state index contributed by atoms with van der Waals surface area (Å²) in [5.74, 6) is 0. The Labute approximate surface area is 79.8 Å². The lowest BCUT2D eigenvalue weighted by Crippen LogP contribution is -2.18. The molecule has 0 aliphatic carbocycles. The molecule has 1 aromatic rings. The predicted molar refractivity (Wildman–Crippen MR) is 52.7 cm³/mol. The molecule has 4 heteroatoms. The molecule has 0 amide bonds. The summed E-state index contributed by atoms with van der Waals surface area (Å²) in [5, 5.41) is 10.5. The Morgan fingerprint density at radius 2 is 2.42 bits per heavy atom. The minimum atomic E-state index is 0.553. The first kappa shape index (κ1) is 9.35. The van der Waals surface area contributed by atoms with E-state index in [4.69, 9.17) is 5.41 Å². The Morgan fingerprint density at radius 1 is 1.67 bits per heavy atom. The van der Waals surface area contributed by atoms with E-state index in [1.54, 1.807) is 6.20 Å². The predicted octanol–water partition coefficient (Wildman–Crippen LogP) is 1.43. The molecule has 0 aromatic carbocycles. The standard InChI is InChI=1S/C8H10BrN3/c1-11-5-7(10)6-2-3-8(9)12-4-6/h2-4,10-11H,5H2,1H3. The summed E-state index contributed by atoms with van der Waals surface area (Å²) in [7, 11) is 1.82. The van der Waals surface area contributed by atoms with Crippen LogP contribution in [-0.2, 0) is 0 Å². The van der Waals surface area contributed by atoms with E-state index in [0.29, 0.717) is 12.3 Å². The van der Waals surface area contributed by atoms with Crippen molar-refractivity contribution in [3.63, 3.8) is 0 Å². The molecule has 0 spiro atoms. The van der Waals surface area contributed by atoms with Gasteiger partial charge in [-0.25, -0.2) is 4.98 Å². The number of rotatable bonds is 3. The van der Waals surface area contributed by atoms with Crippen molar-refractivity contribution >= 4 is 21.6 Å². The molecular formula is C8H10BrN3. The van der Waals surface area contributed by atoms with Crippen LogP contribution in [-0.4, -0.2) is 24.3 Å². The molecule has 0 fully saturated rings. The van der Waals surface area contributed by atoms with Crippen LogP contribution < -0.4 is 5.32 Å². The van der Waals surface area contributed by atoms with Crippen molar-refractivity contribution in [2.75, 3.05) is 13.6 Å². The second-order valence-corrected chi connectivity index (χ2v) is 3.19. The smallest absolute Gasteiger partial charge is 0.106 e. The highest BCUT2D eigenvalue weighted by atomic mass is 79.9. The van der Waals surface area contributed by atoms with Crippen molar-refractivity contribution in [2.45, 2.75) is 0 Å². The quantitative estimate of drug-likeness (QED) is 0.607. The summed E-state index contributed by atoms with van der Waals surface area (Å²) < 4.78 is 0.795. The molecular weight excluding hydrogens is 218 g/mol. The first-order chi connectivity index (χ1) is 5.74. The van der Waals surface area contributed by atoms with Crippen molar-refractivity contribution < 1.29 is 0 Å². The zero-order valence-electron chi connectivity index (χ0n) is 6.76. The molecule has 3 nitrogen and oxygen atoms in total. The highest BCUT2D eigenvalue weighted by Crippen LogP contribution is 2.06. The zero-order chi connectivity index (χ0) is 8.97. The third kappa shape index (κ3) is 2.39. The molecule has 1 rings (SSSR count). The average molecular weight is 228 g/mol. The first-order valence-corrected chi connectivity index (χ1v) is 4.37. The second-order valence-electron chi connectivity index (χ2n) is 2.38. The van der Waals surface area contributed by atoms with Crippen LogP contribution in [0.2, 0.25) is 0 Å². The van der Waals surface area contributed by atoms with Gasteiger partial charge in [0.2, 0.25) is 0 Å². The van der Waals surface area contributed by atoms with Crippen LogP contribution in [0.1, 0.15) is 5.56 Å². The third-order valence-corrected chi connectivity index (χ3v) is 1.90. The molecule has 1 aromatic heterocycles. The van der Waals surface area contributed by atoms with Gasteiger partial charge in [-0.05, 0) is 35.1 Å². The van der Waals surface area contributed by atoms with Gasteiger partial charge in [-0.1, -0.05) is 0 Å². The molecule has 0 saturated carbocycles. The Balaban J connectivity index is 2.75. The van der Waals surface area contributed by atoms with E-state index in [-0.39, 0.29) is 0 Å². The van der Waals surface area contributed by atoms with Gasteiger partial charge in [0, 0.05) is 18.3 Å². The highest BCUT2D eigenvalue weighted by molar-refractivity contribution is 9.10. The maximum Gasteiger partial charge on any atom is 0.106 e. The average Bonchev–Trinajstić information content (AvgIpc) is 2.06. The SMILES string of the molecule is CNCC(=N)c1ccc(Br)nc1. The van der Waals surface area contributed by atoms with E-state index in [1.807, 2.05) is 19.2 Å². The van der Waals surface area contributed by atoms with Crippen LogP contribution in [0.15, 0.2) is 22.9 Å². The van der Waals surface area contributed by atoms with Crippen LogP contribution in [0.25, 0.3) is 0 Å². The van der Waals surface area contributed by atoms with E-state index in [1.165, 1.54) is 0 Å². The maximum atomic E-state index is 7.58. The molecule has 0 saturated heterocycles. The van der Waals surface area contributed by atoms with Gasteiger partial charge in [0.05, 0.1) is 5.71 Å². The summed E-state index contributed by atoms with van der Waals surface area (Å²) in [4.78, 5) is 4.03. The van der Waals surface area contributed by atoms with E-state index in [2.05, 4.69) is 26.2 Å². The molecule has 2 N–H and O–H groups in total. The third-order valence-electron chi connectivity index (χ3n) is 1.43. The molecule has 12 heavy (non-hydrogen) atoms. The topological polar surface area (TPSA) is 48.8 Å². The fraction of sp³-hybridized carbons (Fsp3) is 0.250. The fourth-order valence-electron chi connectivity index (χ4n) is 0.833. The van der Waals surface area contributed by atoms with Crippen molar-refractivity contribution in [3.8, 4) is 0 Å². The van der Waals surface area contributed by atoms with Crippen LogP contribution in [0.5, 0.6) is 0 Å². The Morgan fingerprint density at radius 3 is 2.92 bits per heavy atom. The van der Waals surface area contributed by atoms with Crippen LogP contribution in [0.4, 0.5) is 0 Å². The molecule has 0 unspecified atom stereocenters. The number of likely N-dealkylation sites (N-methyl/N-ethyl adjacent to an activating group) is 1. The van der Waals surface area contributed by atoms with Gasteiger partial charge >= 0.3 is 0 Å². The number of nitrogens with one attached hydrogen (secondary N) is 2. The van der Waals surface area contributed by atoms with Gasteiger partial charge < -0.3 is 10.7 Å². The number of aromatic nitrogens is 1. The summed E-state index contributed by atoms with van der Waals surface area (Å²) in [6, 6.07) is 3.70. The molecule has 0 bridgehead atoms. The Kier molecular flexibility index (Phi) is 3.37. The lowest BCUT2D eigenvalue weighted by Gasteiger charge is -2.01. The molecule has 0 radical (unpaired) electrons. The molecule has 0 atom stereocenters. The van der Waals surface area contributed by atoms with Crippen LogP contribution in [0, 0.1) is 5.41 Å². The van der Waals surface area contributed by atoms with Crippen molar-refractivity contribution in [2.24, 2.45) is 0 Å². The lowest BCUT2D eigenvalue weighted by atomic mass is 10.2. The van der Waals surface area contributed by atoms with Crippen LogP contribution in [0.3, 0.4) is 0 Å². The summed E-state index contributed by atoms with van der Waals surface area (Å²) in [5.41, 5.74) is 1.41. The maximum absolute atomic E-state index is 7.58. The van der Waals surface area contributed by atoms with Gasteiger partial charge in [-0.15, -0.1) is 0 Å². The minimum absolute atomic E-state index is 0.553. The normalized spacial score (nSPS) is 9.83. The molecule has 1 heterocycles. The summed E-state index contributed by atoms with van der Waals surface area (Å²) in [6.07, 6.45) is 1.68. The van der Waals surface area contributed by atoms with Crippen LogP contribution >= 0.6 is 15.9 Å². The molecule has 64 valence electrons. The Bertz CT molecular complexity index is 268. The van der Waals surface area contributed by atoms with Crippen molar-refractivity contribution in [1.82, 2.24) is 10.3 Å². The van der Waals surface area contributed by atoms with Gasteiger partial charge in [0.15, 0.2) is 0 Å². The largest absolute Gasteiger partial charge is 0.314 e. The van der Waals surface area contributed by atoms with Gasteiger partial charge in [-0.3, -0.25) is 0 Å². The number of hydrogen-bond acceptors (Lipinski definition) is 3. The lowest BCUT2D eigenvalue weighted by molar-refractivity contribution is 0.941. The van der Waals surface area contributed by atoms with Gasteiger partial charge in [0.1, 0.15) is 4.60 Å². The number of halogens is 1. The van der Waals surface area contributed by atoms with Gasteiger partial charge in [-0.2, -0.15) is 0 Å². The van der Waals surface area contributed by atoms with E-state index in [0.717, 1.165) is 10.2 Å². The monoisotopic (exact) mass is 227 g/mol. The van der Waals surface area contributed by atoms with Gasteiger partial charge in [0.25, 0.3) is 0 Å². The second kappa shape index (κ2) is 4.33. The van der Waals surface area contributed by atoms with Crippen molar-refractivity contribution in [3.05, 3.63) is 28.5 Å². The first-order valence-electron chi connectivity index (χ1n) is 3.58. The summed E-state index contributed by atoms with van der Waals surface area (Å²) in [6.45, 7) is 0.573. The molecule has 0 aliphatic heterocycles. The van der Waals surface area contributed by atoms with E-state index >= 15 is 0 Å². The van der Waals surface area contributed by atoms with E-state index < -0.39 is 0 Å².